The number of nitrogens with one attached hydrogen (secondary N) is 2. The van der Waals surface area contributed by atoms with E-state index in [4.69, 9.17) is 0 Å². The number of anilines is 1. The molecule has 0 bridgehead atoms. The SMILES string of the molecule is O=C(N[C@@H]1CCC[C@H](Nc2cc(C(F)(F)F)nc3ccccc23)C1)c1cccnc1. The fourth-order valence-electron chi connectivity index (χ4n) is 3.88. The quantitative estimate of drug-likeness (QED) is 0.644. The molecule has 2 heterocycles. The summed E-state index contributed by atoms with van der Waals surface area (Å²) in [6, 6.07) is 11.1. The molecule has 8 heteroatoms. The number of carbonyl (C=O) groups excluding carboxylic acids is 1. The molecule has 4 rings (SSSR count). The third-order valence-electron chi connectivity index (χ3n) is 5.30. The molecule has 2 atom stereocenters. The molecule has 1 amide bonds. The summed E-state index contributed by atoms with van der Waals surface area (Å²) in [6.45, 7) is 0. The highest BCUT2D eigenvalue weighted by atomic mass is 19.4. The normalized spacial score (nSPS) is 19.4. The van der Waals surface area contributed by atoms with Gasteiger partial charge in [0.05, 0.1) is 11.1 Å². The topological polar surface area (TPSA) is 66.9 Å². The van der Waals surface area contributed by atoms with Gasteiger partial charge in [-0.3, -0.25) is 9.78 Å². The lowest BCUT2D eigenvalue weighted by molar-refractivity contribution is -0.140. The van der Waals surface area contributed by atoms with Crippen LogP contribution in [-0.2, 0) is 6.18 Å². The maximum Gasteiger partial charge on any atom is 0.433 e. The van der Waals surface area contributed by atoms with Gasteiger partial charge in [0.25, 0.3) is 5.91 Å². The predicted molar refractivity (Wildman–Crippen MR) is 108 cm³/mol. The van der Waals surface area contributed by atoms with Gasteiger partial charge in [0.1, 0.15) is 5.69 Å². The number of benzene rings is 1. The van der Waals surface area contributed by atoms with Gasteiger partial charge in [0.15, 0.2) is 0 Å². The van der Waals surface area contributed by atoms with Crippen LogP contribution in [0.3, 0.4) is 0 Å². The van der Waals surface area contributed by atoms with Crippen LogP contribution in [0.15, 0.2) is 54.9 Å². The number of hydrogen-bond acceptors (Lipinski definition) is 4. The maximum atomic E-state index is 13.3. The van der Waals surface area contributed by atoms with Crippen molar-refractivity contribution in [1.29, 1.82) is 0 Å². The molecule has 1 aliphatic carbocycles. The molecule has 156 valence electrons. The molecule has 1 aliphatic rings. The number of pyridine rings is 2. The average Bonchev–Trinajstić information content (AvgIpc) is 2.74. The number of halogens is 3. The highest BCUT2D eigenvalue weighted by molar-refractivity contribution is 5.94. The monoisotopic (exact) mass is 414 g/mol. The van der Waals surface area contributed by atoms with Crippen LogP contribution >= 0.6 is 0 Å². The van der Waals surface area contributed by atoms with Crippen LogP contribution < -0.4 is 10.6 Å². The van der Waals surface area contributed by atoms with Crippen molar-refractivity contribution < 1.29 is 18.0 Å². The van der Waals surface area contributed by atoms with E-state index in [1.54, 1.807) is 42.6 Å². The van der Waals surface area contributed by atoms with E-state index in [1.165, 1.54) is 6.20 Å². The highest BCUT2D eigenvalue weighted by Gasteiger charge is 2.34. The number of nitrogens with zero attached hydrogens (tertiary/aromatic N) is 2. The Morgan fingerprint density at radius 2 is 1.87 bits per heavy atom. The zero-order valence-electron chi connectivity index (χ0n) is 16.1. The molecular formula is C22H21F3N4O. The number of alkyl halides is 3. The van der Waals surface area contributed by atoms with E-state index in [0.29, 0.717) is 28.6 Å². The minimum Gasteiger partial charge on any atom is -0.382 e. The van der Waals surface area contributed by atoms with Gasteiger partial charge in [-0.25, -0.2) is 4.98 Å². The molecule has 30 heavy (non-hydrogen) atoms. The van der Waals surface area contributed by atoms with Crippen molar-refractivity contribution in [3.8, 4) is 0 Å². The van der Waals surface area contributed by atoms with Crippen molar-refractivity contribution >= 4 is 22.5 Å². The number of rotatable bonds is 4. The van der Waals surface area contributed by atoms with Gasteiger partial charge in [0.2, 0.25) is 0 Å². The summed E-state index contributed by atoms with van der Waals surface area (Å²) < 4.78 is 39.9. The van der Waals surface area contributed by atoms with E-state index in [-0.39, 0.29) is 18.0 Å². The lowest BCUT2D eigenvalue weighted by Gasteiger charge is -2.31. The average molecular weight is 414 g/mol. The fourth-order valence-corrected chi connectivity index (χ4v) is 3.88. The van der Waals surface area contributed by atoms with Crippen molar-refractivity contribution in [3.63, 3.8) is 0 Å². The first-order chi connectivity index (χ1) is 14.4. The van der Waals surface area contributed by atoms with E-state index < -0.39 is 11.9 Å². The van der Waals surface area contributed by atoms with Crippen molar-refractivity contribution in [2.45, 2.75) is 43.9 Å². The summed E-state index contributed by atoms with van der Waals surface area (Å²) in [5, 5.41) is 6.93. The summed E-state index contributed by atoms with van der Waals surface area (Å²) in [6.07, 6.45) is 1.73. The number of para-hydroxylation sites is 1. The lowest BCUT2D eigenvalue weighted by atomic mass is 9.90. The number of fused-ring (bicyclic) bond motifs is 1. The van der Waals surface area contributed by atoms with Crippen molar-refractivity contribution in [1.82, 2.24) is 15.3 Å². The summed E-state index contributed by atoms with van der Waals surface area (Å²) in [5.41, 5.74) is 0.285. The molecular weight excluding hydrogens is 393 g/mol. The third kappa shape index (κ3) is 4.53. The van der Waals surface area contributed by atoms with Crippen LogP contribution in [0.2, 0.25) is 0 Å². The zero-order valence-corrected chi connectivity index (χ0v) is 16.1. The van der Waals surface area contributed by atoms with Crippen LogP contribution in [0.25, 0.3) is 10.9 Å². The Morgan fingerprint density at radius 3 is 2.63 bits per heavy atom. The predicted octanol–water partition coefficient (Wildman–Crippen LogP) is 4.80. The molecule has 0 aliphatic heterocycles. The first kappa shape index (κ1) is 20.1. The van der Waals surface area contributed by atoms with Crippen LogP contribution in [0.5, 0.6) is 0 Å². The Balaban J connectivity index is 1.51. The number of aromatic nitrogens is 2. The largest absolute Gasteiger partial charge is 0.433 e. The molecule has 1 saturated carbocycles. The van der Waals surface area contributed by atoms with Crippen LogP contribution in [0, 0.1) is 0 Å². The lowest BCUT2D eigenvalue weighted by Crippen LogP contribution is -2.41. The molecule has 2 N–H and O–H groups in total. The Morgan fingerprint density at radius 1 is 1.07 bits per heavy atom. The van der Waals surface area contributed by atoms with Gasteiger partial charge in [0, 0.05) is 35.6 Å². The summed E-state index contributed by atoms with van der Waals surface area (Å²) in [4.78, 5) is 20.1. The zero-order chi connectivity index (χ0) is 21.1. The van der Waals surface area contributed by atoms with Gasteiger partial charge in [-0.05, 0) is 49.9 Å². The molecule has 3 aromatic rings. The van der Waals surface area contributed by atoms with Crippen LogP contribution in [0.4, 0.5) is 18.9 Å². The smallest absolute Gasteiger partial charge is 0.382 e. The maximum absolute atomic E-state index is 13.3. The molecule has 0 saturated heterocycles. The number of hydrogen-bond donors (Lipinski definition) is 2. The van der Waals surface area contributed by atoms with E-state index in [0.717, 1.165) is 25.3 Å². The van der Waals surface area contributed by atoms with Crippen molar-refractivity contribution in [2.75, 3.05) is 5.32 Å². The summed E-state index contributed by atoms with van der Waals surface area (Å²) in [5.74, 6) is -0.192. The summed E-state index contributed by atoms with van der Waals surface area (Å²) in [7, 11) is 0. The van der Waals surface area contributed by atoms with Gasteiger partial charge in [-0.1, -0.05) is 18.2 Å². The third-order valence-corrected chi connectivity index (χ3v) is 5.30. The molecule has 1 aromatic carbocycles. The Labute approximate surface area is 171 Å². The first-order valence-electron chi connectivity index (χ1n) is 9.84. The van der Waals surface area contributed by atoms with Gasteiger partial charge >= 0.3 is 6.18 Å². The van der Waals surface area contributed by atoms with Crippen LogP contribution in [-0.4, -0.2) is 28.0 Å². The van der Waals surface area contributed by atoms with Crippen molar-refractivity contribution in [2.24, 2.45) is 0 Å². The van der Waals surface area contributed by atoms with Crippen molar-refractivity contribution in [3.05, 3.63) is 66.1 Å². The molecule has 1 fully saturated rings. The number of amides is 1. The molecule has 0 unspecified atom stereocenters. The van der Waals surface area contributed by atoms with Gasteiger partial charge in [-0.15, -0.1) is 0 Å². The molecule has 5 nitrogen and oxygen atoms in total. The van der Waals surface area contributed by atoms with E-state index >= 15 is 0 Å². The Kier molecular flexibility index (Phi) is 5.57. The Bertz CT molecular complexity index is 1040. The highest BCUT2D eigenvalue weighted by Crippen LogP contribution is 2.34. The minimum atomic E-state index is -4.52. The van der Waals surface area contributed by atoms with E-state index in [1.807, 2.05) is 0 Å². The second-order valence-electron chi connectivity index (χ2n) is 7.49. The molecule has 0 spiro atoms. The Hall–Kier alpha value is -3.16. The second kappa shape index (κ2) is 8.30. The fraction of sp³-hybridized carbons (Fsp3) is 0.318. The minimum absolute atomic E-state index is 0.0511. The summed E-state index contributed by atoms with van der Waals surface area (Å²) >= 11 is 0. The molecule has 2 aromatic heterocycles. The van der Waals surface area contributed by atoms with E-state index in [2.05, 4.69) is 20.6 Å². The molecule has 0 radical (unpaired) electrons. The van der Waals surface area contributed by atoms with E-state index in [9.17, 15) is 18.0 Å². The van der Waals surface area contributed by atoms with Gasteiger partial charge < -0.3 is 10.6 Å². The number of carbonyl (C=O) groups is 1. The second-order valence-corrected chi connectivity index (χ2v) is 7.49. The first-order valence-corrected chi connectivity index (χ1v) is 9.84. The standard InChI is InChI=1S/C22H21F3N4O/c23-22(24,25)20-12-19(17-8-1-2-9-18(17)29-20)27-15-6-3-7-16(11-15)28-21(30)14-5-4-10-26-13-14/h1-2,4-5,8-10,12-13,15-16H,3,6-7,11H2,(H,27,29)(H,28,30)/t15-,16+/m0/s1. The van der Waals surface area contributed by atoms with Crippen LogP contribution in [0.1, 0.15) is 41.7 Å². The van der Waals surface area contributed by atoms with Gasteiger partial charge in [-0.2, -0.15) is 13.2 Å².